The van der Waals surface area contributed by atoms with Gasteiger partial charge in [-0.05, 0) is 22.3 Å². The Morgan fingerprint density at radius 1 is 0.875 bits per heavy atom. The Balaban J connectivity index is 2.43. The fraction of sp³-hybridized carbons (Fsp3) is 0.0667. The van der Waals surface area contributed by atoms with Gasteiger partial charge < -0.3 is 5.73 Å². The van der Waals surface area contributed by atoms with E-state index < -0.39 is 5.54 Å². The van der Waals surface area contributed by atoms with Crippen LogP contribution in [0.25, 0.3) is 11.1 Å². The van der Waals surface area contributed by atoms with Gasteiger partial charge in [0.2, 0.25) is 0 Å². The molecular formula is C15H13N. The third-order valence-electron chi connectivity index (χ3n) is 3.36. The highest BCUT2D eigenvalue weighted by atomic mass is 14.8. The molecule has 1 aliphatic carbocycles. The molecule has 1 heteroatoms. The molecule has 0 radical (unpaired) electrons. The van der Waals surface area contributed by atoms with Crippen LogP contribution in [0, 0.1) is 0 Å². The molecule has 0 saturated heterocycles. The predicted octanol–water partition coefficient (Wildman–Crippen LogP) is 3.06. The van der Waals surface area contributed by atoms with Crippen molar-refractivity contribution in [2.24, 2.45) is 5.73 Å². The summed E-state index contributed by atoms with van der Waals surface area (Å²) >= 11 is 0. The van der Waals surface area contributed by atoms with E-state index in [0.717, 1.165) is 11.1 Å². The first kappa shape index (κ1) is 9.37. The van der Waals surface area contributed by atoms with Gasteiger partial charge in [-0.15, -0.1) is 6.58 Å². The quantitative estimate of drug-likeness (QED) is 0.714. The average Bonchev–Trinajstić information content (AvgIpc) is 2.62. The zero-order chi connectivity index (χ0) is 11.2. The molecule has 0 saturated carbocycles. The van der Waals surface area contributed by atoms with Gasteiger partial charge in [-0.2, -0.15) is 0 Å². The molecule has 0 aromatic heterocycles. The van der Waals surface area contributed by atoms with Crippen molar-refractivity contribution in [3.8, 4) is 11.1 Å². The van der Waals surface area contributed by atoms with Crippen LogP contribution in [0.2, 0.25) is 0 Å². The second kappa shape index (κ2) is 3.06. The highest BCUT2D eigenvalue weighted by Crippen LogP contribution is 2.46. The molecule has 0 aliphatic heterocycles. The SMILES string of the molecule is C=CC1(N)c2ccccc2-c2ccccc21. The Morgan fingerprint density at radius 3 is 1.75 bits per heavy atom. The highest BCUT2D eigenvalue weighted by Gasteiger charge is 2.36. The molecule has 0 atom stereocenters. The van der Waals surface area contributed by atoms with E-state index in [-0.39, 0.29) is 0 Å². The van der Waals surface area contributed by atoms with E-state index >= 15 is 0 Å². The van der Waals surface area contributed by atoms with Crippen LogP contribution in [0.3, 0.4) is 0 Å². The molecule has 0 heterocycles. The van der Waals surface area contributed by atoms with Gasteiger partial charge in [-0.3, -0.25) is 0 Å². The van der Waals surface area contributed by atoms with Crippen molar-refractivity contribution in [2.75, 3.05) is 0 Å². The number of fused-ring (bicyclic) bond motifs is 3. The van der Waals surface area contributed by atoms with E-state index in [1.54, 1.807) is 0 Å². The summed E-state index contributed by atoms with van der Waals surface area (Å²) in [5.41, 5.74) is 10.7. The summed E-state index contributed by atoms with van der Waals surface area (Å²) in [5, 5.41) is 0. The first-order valence-corrected chi connectivity index (χ1v) is 5.39. The van der Waals surface area contributed by atoms with Gasteiger partial charge in [0.15, 0.2) is 0 Å². The van der Waals surface area contributed by atoms with Crippen LogP contribution < -0.4 is 5.73 Å². The molecule has 1 aliphatic rings. The summed E-state index contributed by atoms with van der Waals surface area (Å²) in [7, 11) is 0. The summed E-state index contributed by atoms with van der Waals surface area (Å²) in [5.74, 6) is 0. The molecule has 2 aromatic carbocycles. The maximum absolute atomic E-state index is 6.46. The van der Waals surface area contributed by atoms with Crippen molar-refractivity contribution >= 4 is 0 Å². The highest BCUT2D eigenvalue weighted by molar-refractivity contribution is 5.81. The minimum Gasteiger partial charge on any atom is -0.314 e. The summed E-state index contributed by atoms with van der Waals surface area (Å²) in [6, 6.07) is 16.5. The summed E-state index contributed by atoms with van der Waals surface area (Å²) in [4.78, 5) is 0. The molecule has 0 unspecified atom stereocenters. The van der Waals surface area contributed by atoms with E-state index in [2.05, 4.69) is 30.8 Å². The first-order valence-electron chi connectivity index (χ1n) is 5.39. The van der Waals surface area contributed by atoms with Crippen LogP contribution >= 0.6 is 0 Å². The van der Waals surface area contributed by atoms with Crippen molar-refractivity contribution in [1.82, 2.24) is 0 Å². The average molecular weight is 207 g/mol. The standard InChI is InChI=1S/C15H13N/c1-2-15(16)13-9-5-3-7-11(13)12-8-4-6-10-14(12)15/h2-10H,1,16H2. The molecule has 16 heavy (non-hydrogen) atoms. The van der Waals surface area contributed by atoms with Gasteiger partial charge in [-0.25, -0.2) is 0 Å². The number of hydrogen-bond acceptors (Lipinski definition) is 1. The largest absolute Gasteiger partial charge is 0.314 e. The van der Waals surface area contributed by atoms with E-state index in [1.165, 1.54) is 11.1 Å². The van der Waals surface area contributed by atoms with Crippen molar-refractivity contribution in [3.05, 3.63) is 72.3 Å². The van der Waals surface area contributed by atoms with E-state index in [4.69, 9.17) is 5.73 Å². The van der Waals surface area contributed by atoms with Crippen molar-refractivity contribution < 1.29 is 0 Å². The molecular weight excluding hydrogens is 194 g/mol. The van der Waals surface area contributed by atoms with Crippen molar-refractivity contribution in [1.29, 1.82) is 0 Å². The second-order valence-corrected chi connectivity index (χ2v) is 4.16. The van der Waals surface area contributed by atoms with Gasteiger partial charge in [0.1, 0.15) is 0 Å². The molecule has 0 spiro atoms. The smallest absolute Gasteiger partial charge is 0.0862 e. The lowest BCUT2D eigenvalue weighted by Gasteiger charge is -2.22. The van der Waals surface area contributed by atoms with Crippen LogP contribution in [0.1, 0.15) is 11.1 Å². The normalized spacial score (nSPS) is 15.3. The molecule has 2 aromatic rings. The van der Waals surface area contributed by atoms with Gasteiger partial charge in [0, 0.05) is 0 Å². The Labute approximate surface area is 95.2 Å². The zero-order valence-electron chi connectivity index (χ0n) is 8.98. The van der Waals surface area contributed by atoms with Crippen molar-refractivity contribution in [2.45, 2.75) is 5.54 Å². The number of nitrogens with two attached hydrogens (primary N) is 1. The molecule has 0 fully saturated rings. The molecule has 0 amide bonds. The van der Waals surface area contributed by atoms with Gasteiger partial charge in [0.25, 0.3) is 0 Å². The van der Waals surface area contributed by atoms with Crippen LogP contribution in [0.5, 0.6) is 0 Å². The Hall–Kier alpha value is -1.86. The minimum absolute atomic E-state index is 0.535. The van der Waals surface area contributed by atoms with Crippen LogP contribution in [0.4, 0.5) is 0 Å². The van der Waals surface area contributed by atoms with Crippen LogP contribution in [-0.4, -0.2) is 0 Å². The zero-order valence-corrected chi connectivity index (χ0v) is 8.98. The summed E-state index contributed by atoms with van der Waals surface area (Å²) in [6.07, 6.45) is 1.83. The van der Waals surface area contributed by atoms with Crippen LogP contribution in [-0.2, 0) is 5.54 Å². The summed E-state index contributed by atoms with van der Waals surface area (Å²) in [6.45, 7) is 3.89. The maximum Gasteiger partial charge on any atom is 0.0862 e. The maximum atomic E-state index is 6.46. The third kappa shape index (κ3) is 0.983. The number of hydrogen-bond donors (Lipinski definition) is 1. The molecule has 2 N–H and O–H groups in total. The van der Waals surface area contributed by atoms with E-state index in [0.29, 0.717) is 0 Å². The van der Waals surface area contributed by atoms with Crippen LogP contribution in [0.15, 0.2) is 61.2 Å². The molecule has 0 bridgehead atoms. The lowest BCUT2D eigenvalue weighted by Crippen LogP contribution is -2.33. The molecule has 78 valence electrons. The topological polar surface area (TPSA) is 26.0 Å². The van der Waals surface area contributed by atoms with Gasteiger partial charge >= 0.3 is 0 Å². The second-order valence-electron chi connectivity index (χ2n) is 4.16. The van der Waals surface area contributed by atoms with E-state index in [9.17, 15) is 0 Å². The molecule has 3 rings (SSSR count). The minimum atomic E-state index is -0.535. The molecule has 1 nitrogen and oxygen atoms in total. The Morgan fingerprint density at radius 2 is 1.31 bits per heavy atom. The fourth-order valence-electron chi connectivity index (χ4n) is 2.52. The Kier molecular flexibility index (Phi) is 1.79. The lowest BCUT2D eigenvalue weighted by molar-refractivity contribution is 0.704. The number of rotatable bonds is 1. The summed E-state index contributed by atoms with van der Waals surface area (Å²) < 4.78 is 0. The lowest BCUT2D eigenvalue weighted by atomic mass is 9.89. The van der Waals surface area contributed by atoms with E-state index in [1.807, 2.05) is 30.3 Å². The van der Waals surface area contributed by atoms with Gasteiger partial charge in [0.05, 0.1) is 5.54 Å². The third-order valence-corrected chi connectivity index (χ3v) is 3.36. The first-order chi connectivity index (χ1) is 7.77. The monoisotopic (exact) mass is 207 g/mol. The fourth-order valence-corrected chi connectivity index (χ4v) is 2.52. The number of benzene rings is 2. The Bertz CT molecular complexity index is 524. The van der Waals surface area contributed by atoms with Gasteiger partial charge in [-0.1, -0.05) is 54.6 Å². The predicted molar refractivity (Wildman–Crippen MR) is 67.0 cm³/mol. The van der Waals surface area contributed by atoms with Crippen molar-refractivity contribution in [3.63, 3.8) is 0 Å².